The molecule has 26 heavy (non-hydrogen) atoms. The minimum Gasteiger partial charge on any atom is -0.299 e. The number of thioether (sulfide) groups is 1. The van der Waals surface area contributed by atoms with Gasteiger partial charge < -0.3 is 0 Å². The van der Waals surface area contributed by atoms with E-state index in [1.54, 1.807) is 23.9 Å². The van der Waals surface area contributed by atoms with E-state index in [-0.39, 0.29) is 0 Å². The lowest BCUT2D eigenvalue weighted by atomic mass is 10.1. The molecule has 1 aliphatic rings. The maximum atomic E-state index is 12.6. The second-order valence-corrected chi connectivity index (χ2v) is 7.43. The average Bonchev–Trinajstić information content (AvgIpc) is 3.03. The van der Waals surface area contributed by atoms with Gasteiger partial charge in [-0.3, -0.25) is 5.32 Å². The molecule has 0 radical (unpaired) electrons. The highest BCUT2D eigenvalue weighted by Gasteiger charge is 2.30. The van der Waals surface area contributed by atoms with Gasteiger partial charge in [0.25, 0.3) is 0 Å². The van der Waals surface area contributed by atoms with Crippen molar-refractivity contribution in [1.82, 2.24) is 5.32 Å². The van der Waals surface area contributed by atoms with Crippen molar-refractivity contribution < 1.29 is 13.2 Å². The lowest BCUT2D eigenvalue weighted by molar-refractivity contribution is -0.137. The number of benzene rings is 2. The Hall–Kier alpha value is -1.90. The van der Waals surface area contributed by atoms with Crippen LogP contribution in [-0.4, -0.2) is 12.3 Å². The maximum absolute atomic E-state index is 12.6. The Kier molecular flexibility index (Phi) is 5.95. The first-order chi connectivity index (χ1) is 12.5. The molecule has 5 heteroatoms. The molecule has 0 bridgehead atoms. The minimum atomic E-state index is -4.28. The standard InChI is InChI=1S/C21H20F3NS/c1-2-13-25-19-11-10-18-17(19)4-3-5-20(18)26-14-12-15-6-8-16(9-7-15)21(22,23)24/h1,3-9,19,25H,10-14H2. The minimum absolute atomic E-state index is 0.316. The van der Waals surface area contributed by atoms with E-state index in [2.05, 4.69) is 29.4 Å². The van der Waals surface area contributed by atoms with Crippen LogP contribution in [0.5, 0.6) is 0 Å². The van der Waals surface area contributed by atoms with Crippen LogP contribution in [0.1, 0.15) is 34.7 Å². The van der Waals surface area contributed by atoms with Gasteiger partial charge in [-0.15, -0.1) is 18.2 Å². The van der Waals surface area contributed by atoms with Crippen molar-refractivity contribution in [3.63, 3.8) is 0 Å². The van der Waals surface area contributed by atoms with E-state index in [1.807, 2.05) is 0 Å². The summed E-state index contributed by atoms with van der Waals surface area (Å²) in [6.07, 6.45) is 3.87. The fourth-order valence-corrected chi connectivity index (χ4v) is 4.42. The molecule has 1 aliphatic carbocycles. The summed E-state index contributed by atoms with van der Waals surface area (Å²) in [5, 5.41) is 3.38. The fraction of sp³-hybridized carbons (Fsp3) is 0.333. The van der Waals surface area contributed by atoms with Crippen molar-refractivity contribution in [1.29, 1.82) is 0 Å². The molecule has 0 aromatic heterocycles. The zero-order chi connectivity index (χ0) is 18.6. The first-order valence-corrected chi connectivity index (χ1v) is 9.55. The third kappa shape index (κ3) is 4.44. The molecule has 1 N–H and O–H groups in total. The van der Waals surface area contributed by atoms with Crippen LogP contribution in [0, 0.1) is 12.3 Å². The lowest BCUT2D eigenvalue weighted by Gasteiger charge is -2.13. The molecule has 1 nitrogen and oxygen atoms in total. The Morgan fingerprint density at radius 1 is 1.15 bits per heavy atom. The zero-order valence-electron chi connectivity index (χ0n) is 14.3. The molecule has 0 amide bonds. The Morgan fingerprint density at radius 3 is 2.62 bits per heavy atom. The maximum Gasteiger partial charge on any atom is 0.416 e. The Bertz CT molecular complexity index is 790. The molecule has 0 spiro atoms. The average molecular weight is 375 g/mol. The highest BCUT2D eigenvalue weighted by Crippen LogP contribution is 2.37. The summed E-state index contributed by atoms with van der Waals surface area (Å²) < 4.78 is 37.8. The molecule has 0 saturated carbocycles. The summed E-state index contributed by atoms with van der Waals surface area (Å²) in [5.74, 6) is 3.46. The zero-order valence-corrected chi connectivity index (χ0v) is 15.1. The second kappa shape index (κ2) is 8.20. The van der Waals surface area contributed by atoms with Gasteiger partial charge in [-0.25, -0.2) is 0 Å². The van der Waals surface area contributed by atoms with Crippen molar-refractivity contribution in [3.8, 4) is 12.3 Å². The number of halogens is 3. The van der Waals surface area contributed by atoms with Crippen LogP contribution in [0.25, 0.3) is 0 Å². The number of terminal acetylenes is 1. The van der Waals surface area contributed by atoms with E-state index in [0.717, 1.165) is 42.7 Å². The summed E-state index contributed by atoms with van der Waals surface area (Å²) >= 11 is 1.77. The summed E-state index contributed by atoms with van der Waals surface area (Å²) in [4.78, 5) is 1.26. The molecule has 0 fully saturated rings. The molecule has 1 atom stereocenters. The molecule has 0 aliphatic heterocycles. The van der Waals surface area contributed by atoms with Gasteiger partial charge in [-0.1, -0.05) is 30.2 Å². The van der Waals surface area contributed by atoms with Crippen molar-refractivity contribution in [2.75, 3.05) is 12.3 Å². The molecule has 0 saturated heterocycles. The Morgan fingerprint density at radius 2 is 1.92 bits per heavy atom. The van der Waals surface area contributed by atoms with Crippen molar-refractivity contribution in [3.05, 3.63) is 64.7 Å². The van der Waals surface area contributed by atoms with Gasteiger partial charge in [-0.2, -0.15) is 13.2 Å². The third-order valence-corrected chi connectivity index (χ3v) is 5.71. The Balaban J connectivity index is 1.59. The van der Waals surface area contributed by atoms with Crippen LogP contribution in [-0.2, 0) is 19.0 Å². The summed E-state index contributed by atoms with van der Waals surface area (Å²) in [6.45, 7) is 0.565. The number of aryl methyl sites for hydroxylation is 1. The van der Waals surface area contributed by atoms with E-state index in [1.165, 1.54) is 16.0 Å². The van der Waals surface area contributed by atoms with Crippen LogP contribution < -0.4 is 5.32 Å². The van der Waals surface area contributed by atoms with E-state index in [9.17, 15) is 13.2 Å². The molecule has 0 heterocycles. The molecular weight excluding hydrogens is 355 g/mol. The fourth-order valence-electron chi connectivity index (χ4n) is 3.29. The highest BCUT2D eigenvalue weighted by atomic mass is 32.2. The largest absolute Gasteiger partial charge is 0.416 e. The summed E-state index contributed by atoms with van der Waals surface area (Å²) in [7, 11) is 0. The highest BCUT2D eigenvalue weighted by molar-refractivity contribution is 7.99. The van der Waals surface area contributed by atoms with Crippen molar-refractivity contribution in [2.45, 2.75) is 36.4 Å². The van der Waals surface area contributed by atoms with Gasteiger partial charge in [-0.05, 0) is 54.2 Å². The smallest absolute Gasteiger partial charge is 0.299 e. The van der Waals surface area contributed by atoms with Crippen LogP contribution in [0.2, 0.25) is 0 Å². The van der Waals surface area contributed by atoms with Crippen LogP contribution in [0.4, 0.5) is 13.2 Å². The van der Waals surface area contributed by atoms with E-state index in [4.69, 9.17) is 6.42 Å². The molecular formula is C21H20F3NS. The number of hydrogen-bond donors (Lipinski definition) is 1. The predicted octanol–water partition coefficient (Wildman–Crippen LogP) is 5.25. The van der Waals surface area contributed by atoms with E-state index >= 15 is 0 Å². The quantitative estimate of drug-likeness (QED) is 0.547. The van der Waals surface area contributed by atoms with E-state index in [0.29, 0.717) is 12.6 Å². The monoisotopic (exact) mass is 375 g/mol. The number of alkyl halides is 3. The van der Waals surface area contributed by atoms with Gasteiger partial charge in [0.2, 0.25) is 0 Å². The van der Waals surface area contributed by atoms with Crippen LogP contribution >= 0.6 is 11.8 Å². The van der Waals surface area contributed by atoms with Gasteiger partial charge in [0, 0.05) is 16.7 Å². The third-order valence-electron chi connectivity index (χ3n) is 4.61. The molecule has 136 valence electrons. The van der Waals surface area contributed by atoms with Gasteiger partial charge in [0.05, 0.1) is 12.1 Å². The normalized spacial score (nSPS) is 16.3. The van der Waals surface area contributed by atoms with Gasteiger partial charge in [0.15, 0.2) is 0 Å². The van der Waals surface area contributed by atoms with Crippen LogP contribution in [0.3, 0.4) is 0 Å². The summed E-state index contributed by atoms with van der Waals surface area (Å²) in [6, 6.07) is 12.1. The Labute approximate surface area is 156 Å². The molecule has 1 unspecified atom stereocenters. The lowest BCUT2D eigenvalue weighted by Crippen LogP contribution is -2.19. The SMILES string of the molecule is C#CCNC1CCc2c(SCCc3ccc(C(F)(F)F)cc3)cccc21. The number of nitrogens with one attached hydrogen (secondary N) is 1. The van der Waals surface area contributed by atoms with E-state index < -0.39 is 11.7 Å². The van der Waals surface area contributed by atoms with Crippen LogP contribution in [0.15, 0.2) is 47.4 Å². The number of hydrogen-bond acceptors (Lipinski definition) is 2. The second-order valence-electron chi connectivity index (χ2n) is 6.29. The van der Waals surface area contributed by atoms with Gasteiger partial charge >= 0.3 is 6.18 Å². The topological polar surface area (TPSA) is 12.0 Å². The van der Waals surface area contributed by atoms with Crippen molar-refractivity contribution in [2.24, 2.45) is 0 Å². The van der Waals surface area contributed by atoms with Crippen molar-refractivity contribution >= 4 is 11.8 Å². The molecule has 3 rings (SSSR count). The first kappa shape index (κ1) is 18.9. The first-order valence-electron chi connectivity index (χ1n) is 8.56. The summed E-state index contributed by atoms with van der Waals surface area (Å²) in [5.41, 5.74) is 3.02. The molecule has 2 aromatic carbocycles. The molecule has 2 aromatic rings. The number of rotatable bonds is 6. The predicted molar refractivity (Wildman–Crippen MR) is 100 cm³/mol. The van der Waals surface area contributed by atoms with Gasteiger partial charge in [0.1, 0.15) is 0 Å². The number of fused-ring (bicyclic) bond motifs is 1.